The van der Waals surface area contributed by atoms with Gasteiger partial charge in [0, 0.05) is 6.07 Å². The first-order valence-electron chi connectivity index (χ1n) is 5.40. The van der Waals surface area contributed by atoms with Crippen LogP contribution in [0.1, 0.15) is 11.4 Å². The van der Waals surface area contributed by atoms with E-state index in [0.717, 1.165) is 12.1 Å². The SMILES string of the molecule is Cc1nc(Cl)cc(Nc2ccc(C(F)(F)F)cc2Cl)n1. The van der Waals surface area contributed by atoms with Crippen molar-refractivity contribution in [1.29, 1.82) is 0 Å². The molecule has 2 rings (SSSR count). The van der Waals surface area contributed by atoms with Crippen LogP contribution in [0.2, 0.25) is 10.2 Å². The number of hydrogen-bond donors (Lipinski definition) is 1. The van der Waals surface area contributed by atoms with Gasteiger partial charge < -0.3 is 5.32 Å². The molecule has 0 bridgehead atoms. The van der Waals surface area contributed by atoms with E-state index in [1.165, 1.54) is 12.1 Å². The number of aromatic nitrogens is 2. The van der Waals surface area contributed by atoms with Gasteiger partial charge in [0.15, 0.2) is 0 Å². The van der Waals surface area contributed by atoms with Gasteiger partial charge in [-0.1, -0.05) is 23.2 Å². The van der Waals surface area contributed by atoms with Gasteiger partial charge in [-0.25, -0.2) is 9.97 Å². The van der Waals surface area contributed by atoms with Crippen molar-refractivity contribution in [1.82, 2.24) is 9.97 Å². The molecule has 106 valence electrons. The van der Waals surface area contributed by atoms with Gasteiger partial charge in [-0.15, -0.1) is 0 Å². The fraction of sp³-hybridized carbons (Fsp3) is 0.167. The lowest BCUT2D eigenvalue weighted by Gasteiger charge is -2.11. The highest BCUT2D eigenvalue weighted by atomic mass is 35.5. The van der Waals surface area contributed by atoms with Crippen LogP contribution in [0.3, 0.4) is 0 Å². The molecule has 0 radical (unpaired) electrons. The van der Waals surface area contributed by atoms with Gasteiger partial charge in [-0.2, -0.15) is 13.2 Å². The van der Waals surface area contributed by atoms with E-state index in [1.54, 1.807) is 6.92 Å². The lowest BCUT2D eigenvalue weighted by Crippen LogP contribution is -2.05. The third-order valence-electron chi connectivity index (χ3n) is 2.37. The molecule has 0 unspecified atom stereocenters. The van der Waals surface area contributed by atoms with Crippen LogP contribution in [0.4, 0.5) is 24.7 Å². The topological polar surface area (TPSA) is 37.8 Å². The highest BCUT2D eigenvalue weighted by molar-refractivity contribution is 6.33. The maximum Gasteiger partial charge on any atom is 0.416 e. The third-order valence-corrected chi connectivity index (χ3v) is 2.87. The summed E-state index contributed by atoms with van der Waals surface area (Å²) in [6.07, 6.45) is -4.43. The number of nitrogens with one attached hydrogen (secondary N) is 1. The van der Waals surface area contributed by atoms with Gasteiger partial charge in [0.1, 0.15) is 16.8 Å². The van der Waals surface area contributed by atoms with Crippen molar-refractivity contribution in [3.05, 3.63) is 45.8 Å². The molecule has 1 N–H and O–H groups in total. The summed E-state index contributed by atoms with van der Waals surface area (Å²) < 4.78 is 37.5. The van der Waals surface area contributed by atoms with Gasteiger partial charge in [-0.3, -0.25) is 0 Å². The molecule has 1 aromatic heterocycles. The number of alkyl halides is 3. The highest BCUT2D eigenvalue weighted by Crippen LogP contribution is 2.34. The van der Waals surface area contributed by atoms with Crippen molar-refractivity contribution in [2.24, 2.45) is 0 Å². The summed E-state index contributed by atoms with van der Waals surface area (Å²) in [7, 11) is 0. The molecule has 3 nitrogen and oxygen atoms in total. The molecule has 1 aromatic carbocycles. The first kappa shape index (κ1) is 14.9. The Balaban J connectivity index is 2.30. The molecular weight excluding hydrogens is 314 g/mol. The van der Waals surface area contributed by atoms with Crippen LogP contribution in [-0.2, 0) is 6.18 Å². The number of aryl methyl sites for hydroxylation is 1. The number of anilines is 2. The van der Waals surface area contributed by atoms with E-state index in [4.69, 9.17) is 23.2 Å². The quantitative estimate of drug-likeness (QED) is 0.803. The van der Waals surface area contributed by atoms with E-state index in [2.05, 4.69) is 15.3 Å². The summed E-state index contributed by atoms with van der Waals surface area (Å²) in [4.78, 5) is 7.93. The van der Waals surface area contributed by atoms with E-state index in [1.807, 2.05) is 0 Å². The molecule has 0 saturated carbocycles. The lowest BCUT2D eigenvalue weighted by atomic mass is 10.2. The summed E-state index contributed by atoms with van der Waals surface area (Å²) in [6.45, 7) is 1.64. The zero-order valence-corrected chi connectivity index (χ0v) is 11.6. The van der Waals surface area contributed by atoms with Gasteiger partial charge in [0.25, 0.3) is 0 Å². The third kappa shape index (κ3) is 3.52. The zero-order chi connectivity index (χ0) is 14.9. The van der Waals surface area contributed by atoms with Crippen LogP contribution in [0.25, 0.3) is 0 Å². The molecule has 0 saturated heterocycles. The molecule has 20 heavy (non-hydrogen) atoms. The van der Waals surface area contributed by atoms with E-state index >= 15 is 0 Å². The zero-order valence-electron chi connectivity index (χ0n) is 10.1. The Morgan fingerprint density at radius 3 is 2.35 bits per heavy atom. The van der Waals surface area contributed by atoms with Crippen LogP contribution in [0.5, 0.6) is 0 Å². The average Bonchev–Trinajstić information content (AvgIpc) is 2.29. The Kier molecular flexibility index (Phi) is 4.06. The van der Waals surface area contributed by atoms with Gasteiger partial charge in [-0.05, 0) is 25.1 Å². The van der Waals surface area contributed by atoms with Crippen LogP contribution in [0, 0.1) is 6.92 Å². The van der Waals surface area contributed by atoms with Crippen LogP contribution < -0.4 is 5.32 Å². The molecule has 2 aromatic rings. The second-order valence-electron chi connectivity index (χ2n) is 3.94. The maximum atomic E-state index is 12.5. The molecule has 0 spiro atoms. The fourth-order valence-corrected chi connectivity index (χ4v) is 1.98. The molecule has 0 amide bonds. The molecule has 0 fully saturated rings. The minimum Gasteiger partial charge on any atom is -0.339 e. The average molecular weight is 322 g/mol. The first-order valence-corrected chi connectivity index (χ1v) is 6.16. The first-order chi connectivity index (χ1) is 9.25. The maximum absolute atomic E-state index is 12.5. The molecule has 8 heteroatoms. The summed E-state index contributed by atoms with van der Waals surface area (Å²) >= 11 is 11.6. The number of hydrogen-bond acceptors (Lipinski definition) is 3. The number of rotatable bonds is 2. The van der Waals surface area contributed by atoms with Gasteiger partial charge in [0.05, 0.1) is 16.3 Å². The van der Waals surface area contributed by atoms with Crippen molar-refractivity contribution in [2.75, 3.05) is 5.32 Å². The second kappa shape index (κ2) is 5.46. The predicted molar refractivity (Wildman–Crippen MR) is 71.5 cm³/mol. The minimum atomic E-state index is -4.43. The van der Waals surface area contributed by atoms with Crippen molar-refractivity contribution < 1.29 is 13.2 Å². The predicted octanol–water partition coefficient (Wildman–Crippen LogP) is 4.85. The van der Waals surface area contributed by atoms with Crippen molar-refractivity contribution in [2.45, 2.75) is 13.1 Å². The summed E-state index contributed by atoms with van der Waals surface area (Å²) in [5.74, 6) is 0.784. The molecule has 0 aliphatic heterocycles. The van der Waals surface area contributed by atoms with Crippen LogP contribution in [0.15, 0.2) is 24.3 Å². The van der Waals surface area contributed by atoms with Crippen LogP contribution >= 0.6 is 23.2 Å². The number of halogens is 5. The Bertz CT molecular complexity index is 624. The van der Waals surface area contributed by atoms with Crippen LogP contribution in [-0.4, -0.2) is 9.97 Å². The van der Waals surface area contributed by atoms with Crippen molar-refractivity contribution >= 4 is 34.7 Å². The van der Waals surface area contributed by atoms with Crippen molar-refractivity contribution in [3.8, 4) is 0 Å². The van der Waals surface area contributed by atoms with Gasteiger partial charge in [0.2, 0.25) is 0 Å². The largest absolute Gasteiger partial charge is 0.416 e. The van der Waals surface area contributed by atoms with Crippen molar-refractivity contribution in [3.63, 3.8) is 0 Å². The minimum absolute atomic E-state index is 0.0628. The Hall–Kier alpha value is -1.53. The number of nitrogens with zero attached hydrogens (tertiary/aromatic N) is 2. The van der Waals surface area contributed by atoms with Gasteiger partial charge >= 0.3 is 6.18 Å². The summed E-state index contributed by atoms with van der Waals surface area (Å²) in [5, 5.41) is 2.96. The molecule has 0 aliphatic carbocycles. The van der Waals surface area contributed by atoms with E-state index in [0.29, 0.717) is 17.3 Å². The number of benzene rings is 1. The molecule has 0 atom stereocenters. The Labute approximate surface area is 122 Å². The van der Waals surface area contributed by atoms with E-state index < -0.39 is 11.7 Å². The summed E-state index contributed by atoms with van der Waals surface area (Å²) in [5.41, 5.74) is -0.515. The van der Waals surface area contributed by atoms with E-state index in [9.17, 15) is 13.2 Å². The molecule has 1 heterocycles. The summed E-state index contributed by atoms with van der Waals surface area (Å²) in [6, 6.07) is 4.46. The fourth-order valence-electron chi connectivity index (χ4n) is 1.53. The van der Waals surface area contributed by atoms with E-state index in [-0.39, 0.29) is 10.2 Å². The lowest BCUT2D eigenvalue weighted by molar-refractivity contribution is -0.137. The Morgan fingerprint density at radius 1 is 1.10 bits per heavy atom. The smallest absolute Gasteiger partial charge is 0.339 e. The second-order valence-corrected chi connectivity index (χ2v) is 4.73. The molecular formula is C12H8Cl2F3N3. The standard InChI is InChI=1S/C12H8Cl2F3N3/c1-6-18-10(14)5-11(19-6)20-9-3-2-7(4-8(9)13)12(15,16)17/h2-5H,1H3,(H,18,19,20). The highest BCUT2D eigenvalue weighted by Gasteiger charge is 2.30. The molecule has 0 aliphatic rings. The Morgan fingerprint density at radius 2 is 1.80 bits per heavy atom. The monoisotopic (exact) mass is 321 g/mol. The normalized spacial score (nSPS) is 11.5.